The van der Waals surface area contributed by atoms with Crippen molar-refractivity contribution < 1.29 is 13.2 Å². The molecule has 0 saturated carbocycles. The molecule has 0 bridgehead atoms. The molecule has 0 amide bonds. The van der Waals surface area contributed by atoms with Gasteiger partial charge in [0, 0.05) is 18.3 Å². The summed E-state index contributed by atoms with van der Waals surface area (Å²) in [6.45, 7) is 0. The quantitative estimate of drug-likeness (QED) is 0.776. The van der Waals surface area contributed by atoms with E-state index in [0.717, 1.165) is 17.8 Å². The smallest absolute Gasteiger partial charge is 0.261 e. The fourth-order valence-corrected chi connectivity index (χ4v) is 1.57. The molecule has 0 aliphatic rings. The molecule has 1 heterocycles. The van der Waals surface area contributed by atoms with Crippen molar-refractivity contribution in [1.82, 2.24) is 4.98 Å². The van der Waals surface area contributed by atoms with Crippen LogP contribution in [0, 0.1) is 0 Å². The summed E-state index contributed by atoms with van der Waals surface area (Å²) in [6.07, 6.45) is -2.26. The maximum Gasteiger partial charge on any atom is 0.416 e. The average Bonchev–Trinajstić information content (AvgIpc) is 2.29. The second-order valence-corrected chi connectivity index (χ2v) is 3.70. The van der Waals surface area contributed by atoms with E-state index in [-0.39, 0.29) is 0 Å². The van der Waals surface area contributed by atoms with Gasteiger partial charge in [-0.15, -0.1) is 0 Å². The van der Waals surface area contributed by atoms with Crippen molar-refractivity contribution in [2.75, 3.05) is 0 Å². The van der Waals surface area contributed by atoms with Gasteiger partial charge in [-0.25, -0.2) is 0 Å². The minimum absolute atomic E-state index is 0.407. The Labute approximate surface area is 96.9 Å². The molecule has 0 aliphatic heterocycles. The summed E-state index contributed by atoms with van der Waals surface area (Å²) in [5.41, 5.74) is 0.747. The first-order valence-corrected chi connectivity index (χ1v) is 5.12. The number of hydrogen-bond donors (Lipinski definition) is 0. The highest BCUT2D eigenvalue weighted by molar-refractivity contribution is 5.28. The molecule has 1 aromatic carbocycles. The van der Waals surface area contributed by atoms with E-state index in [2.05, 4.69) is 4.98 Å². The first-order valence-electron chi connectivity index (χ1n) is 5.12. The first kappa shape index (κ1) is 11.6. The summed E-state index contributed by atoms with van der Waals surface area (Å²) in [7, 11) is 0. The van der Waals surface area contributed by atoms with E-state index < -0.39 is 11.7 Å². The zero-order valence-electron chi connectivity index (χ0n) is 8.91. The topological polar surface area (TPSA) is 12.9 Å². The van der Waals surface area contributed by atoms with E-state index in [4.69, 9.17) is 0 Å². The molecule has 0 unspecified atom stereocenters. The Morgan fingerprint density at radius 1 is 1.00 bits per heavy atom. The molecule has 1 aromatic heterocycles. The van der Waals surface area contributed by atoms with Gasteiger partial charge in [-0.3, -0.25) is 4.98 Å². The maximum absolute atomic E-state index is 12.5. The Bertz CT molecular complexity index is 492. The third kappa shape index (κ3) is 3.06. The summed E-state index contributed by atoms with van der Waals surface area (Å²) >= 11 is 0. The number of pyridine rings is 1. The van der Waals surface area contributed by atoms with Crippen molar-refractivity contribution in [3.8, 4) is 0 Å². The molecule has 0 aliphatic carbocycles. The molecule has 0 radical (unpaired) electrons. The van der Waals surface area contributed by atoms with Gasteiger partial charge >= 0.3 is 6.18 Å². The predicted octanol–water partition coefficient (Wildman–Crippen LogP) is 3.69. The van der Waals surface area contributed by atoms with E-state index in [9.17, 15) is 13.2 Å². The van der Waals surface area contributed by atoms with Crippen LogP contribution >= 0.6 is 0 Å². The van der Waals surface area contributed by atoms with Crippen LogP contribution in [0.4, 0.5) is 13.2 Å². The molecule has 0 fully saturated rings. The Balaban J connectivity index is 2.23. The standard InChI is InChI=1S/C13H10F3N/c14-13(15,16)11-5-3-4-10(8-11)9-12-6-1-2-7-17-12/h1-8H,9H2. The Morgan fingerprint density at radius 3 is 2.47 bits per heavy atom. The fraction of sp³-hybridized carbons (Fsp3) is 0.154. The molecule has 0 N–H and O–H groups in total. The normalized spacial score (nSPS) is 11.5. The van der Waals surface area contributed by atoms with E-state index in [1.54, 1.807) is 24.4 Å². The van der Waals surface area contributed by atoms with Crippen LogP contribution < -0.4 is 0 Å². The van der Waals surface area contributed by atoms with Crippen molar-refractivity contribution in [1.29, 1.82) is 0 Å². The van der Waals surface area contributed by atoms with Crippen molar-refractivity contribution in [3.05, 3.63) is 65.5 Å². The fourth-order valence-electron chi connectivity index (χ4n) is 1.57. The SMILES string of the molecule is FC(F)(F)c1cccc(Cc2ccccn2)c1. The van der Waals surface area contributed by atoms with Crippen molar-refractivity contribution in [2.24, 2.45) is 0 Å². The molecule has 0 spiro atoms. The molecule has 2 aromatic rings. The second-order valence-electron chi connectivity index (χ2n) is 3.70. The number of benzene rings is 1. The largest absolute Gasteiger partial charge is 0.416 e. The minimum Gasteiger partial charge on any atom is -0.261 e. The zero-order chi connectivity index (χ0) is 12.3. The Morgan fingerprint density at radius 2 is 1.82 bits per heavy atom. The van der Waals surface area contributed by atoms with Gasteiger partial charge in [-0.2, -0.15) is 13.2 Å². The van der Waals surface area contributed by atoms with Crippen molar-refractivity contribution in [2.45, 2.75) is 12.6 Å². The molecule has 17 heavy (non-hydrogen) atoms. The summed E-state index contributed by atoms with van der Waals surface area (Å²) in [5, 5.41) is 0. The van der Waals surface area contributed by atoms with Crippen LogP contribution in [0.5, 0.6) is 0 Å². The number of hydrogen-bond acceptors (Lipinski definition) is 1. The van der Waals surface area contributed by atoms with E-state index in [0.29, 0.717) is 12.0 Å². The molecule has 1 nitrogen and oxygen atoms in total. The maximum atomic E-state index is 12.5. The van der Waals surface area contributed by atoms with Crippen LogP contribution in [-0.2, 0) is 12.6 Å². The van der Waals surface area contributed by atoms with Gasteiger partial charge in [-0.05, 0) is 23.8 Å². The minimum atomic E-state index is -4.29. The van der Waals surface area contributed by atoms with Crippen LogP contribution in [-0.4, -0.2) is 4.98 Å². The van der Waals surface area contributed by atoms with Gasteiger partial charge in [0.15, 0.2) is 0 Å². The van der Waals surface area contributed by atoms with Gasteiger partial charge in [-0.1, -0.05) is 24.3 Å². The van der Waals surface area contributed by atoms with Crippen molar-refractivity contribution in [3.63, 3.8) is 0 Å². The highest BCUT2D eigenvalue weighted by Crippen LogP contribution is 2.29. The lowest BCUT2D eigenvalue weighted by atomic mass is 10.1. The predicted molar refractivity (Wildman–Crippen MR) is 58.5 cm³/mol. The van der Waals surface area contributed by atoms with Crippen LogP contribution in [0.1, 0.15) is 16.8 Å². The summed E-state index contributed by atoms with van der Waals surface area (Å²) in [6, 6.07) is 10.7. The van der Waals surface area contributed by atoms with E-state index in [1.807, 2.05) is 6.07 Å². The molecular weight excluding hydrogens is 227 g/mol. The van der Waals surface area contributed by atoms with Crippen LogP contribution in [0.2, 0.25) is 0 Å². The lowest BCUT2D eigenvalue weighted by Gasteiger charge is -2.08. The third-order valence-electron chi connectivity index (χ3n) is 2.37. The second kappa shape index (κ2) is 4.57. The molecule has 0 atom stereocenters. The monoisotopic (exact) mass is 237 g/mol. The first-order chi connectivity index (χ1) is 8.05. The Hall–Kier alpha value is -1.84. The van der Waals surface area contributed by atoms with Gasteiger partial charge in [0.1, 0.15) is 0 Å². The van der Waals surface area contributed by atoms with Crippen LogP contribution in [0.15, 0.2) is 48.7 Å². The van der Waals surface area contributed by atoms with Gasteiger partial charge in [0.05, 0.1) is 5.56 Å². The summed E-state index contributed by atoms with van der Waals surface area (Å²) in [4.78, 5) is 4.08. The van der Waals surface area contributed by atoms with Crippen LogP contribution in [0.25, 0.3) is 0 Å². The number of rotatable bonds is 2. The summed E-state index contributed by atoms with van der Waals surface area (Å²) < 4.78 is 37.5. The number of nitrogens with zero attached hydrogens (tertiary/aromatic N) is 1. The number of halogens is 3. The molecule has 0 saturated heterocycles. The molecule has 88 valence electrons. The van der Waals surface area contributed by atoms with E-state index in [1.165, 1.54) is 6.07 Å². The highest BCUT2D eigenvalue weighted by Gasteiger charge is 2.30. The van der Waals surface area contributed by atoms with Gasteiger partial charge in [0.2, 0.25) is 0 Å². The lowest BCUT2D eigenvalue weighted by Crippen LogP contribution is -2.05. The molecule has 2 rings (SSSR count). The molecule has 4 heteroatoms. The summed E-state index contributed by atoms with van der Waals surface area (Å²) in [5.74, 6) is 0. The van der Waals surface area contributed by atoms with Gasteiger partial charge < -0.3 is 0 Å². The van der Waals surface area contributed by atoms with Gasteiger partial charge in [0.25, 0.3) is 0 Å². The van der Waals surface area contributed by atoms with Crippen molar-refractivity contribution >= 4 is 0 Å². The number of alkyl halides is 3. The third-order valence-corrected chi connectivity index (χ3v) is 2.37. The lowest BCUT2D eigenvalue weighted by molar-refractivity contribution is -0.137. The molecular formula is C13H10F3N. The highest BCUT2D eigenvalue weighted by atomic mass is 19.4. The van der Waals surface area contributed by atoms with Crippen LogP contribution in [0.3, 0.4) is 0 Å². The number of aromatic nitrogens is 1. The Kier molecular flexibility index (Phi) is 3.13. The van der Waals surface area contributed by atoms with E-state index >= 15 is 0 Å². The zero-order valence-corrected chi connectivity index (χ0v) is 8.91. The average molecular weight is 237 g/mol.